The van der Waals surface area contributed by atoms with E-state index in [1.165, 1.54) is 44.1 Å². The molecule has 2 heteroatoms. The summed E-state index contributed by atoms with van der Waals surface area (Å²) >= 11 is 0. The maximum atomic E-state index is 13.8. The number of hydrogen-bond acceptors (Lipinski definition) is 1. The third kappa shape index (κ3) is 3.60. The number of benzene rings is 1. The molecule has 1 aliphatic carbocycles. The second-order valence-electron chi connectivity index (χ2n) is 6.26. The van der Waals surface area contributed by atoms with Crippen molar-refractivity contribution in [1.82, 2.24) is 5.32 Å². The molecule has 1 nitrogen and oxygen atoms in total. The van der Waals surface area contributed by atoms with Crippen molar-refractivity contribution in [3.05, 3.63) is 34.6 Å². The van der Waals surface area contributed by atoms with Gasteiger partial charge in [0, 0.05) is 6.04 Å². The van der Waals surface area contributed by atoms with Gasteiger partial charge in [0.1, 0.15) is 5.82 Å². The predicted octanol–water partition coefficient (Wildman–Crippen LogP) is 5.06. The number of halogens is 1. The summed E-state index contributed by atoms with van der Waals surface area (Å²) in [6.45, 7) is 6.88. The second kappa shape index (κ2) is 7.21. The van der Waals surface area contributed by atoms with Crippen LogP contribution in [0.15, 0.2) is 12.1 Å². The first-order valence-corrected chi connectivity index (χ1v) is 8.13. The maximum absolute atomic E-state index is 13.8. The summed E-state index contributed by atoms with van der Waals surface area (Å²) in [7, 11) is 0. The zero-order chi connectivity index (χ0) is 14.5. The monoisotopic (exact) mass is 277 g/mol. The van der Waals surface area contributed by atoms with Crippen LogP contribution >= 0.6 is 0 Å². The van der Waals surface area contributed by atoms with Gasteiger partial charge in [0.05, 0.1) is 0 Å². The zero-order valence-electron chi connectivity index (χ0n) is 13.1. The number of aryl methyl sites for hydroxylation is 2. The minimum atomic E-state index is -0.0511. The summed E-state index contributed by atoms with van der Waals surface area (Å²) in [5, 5.41) is 3.65. The summed E-state index contributed by atoms with van der Waals surface area (Å²) in [6, 6.07) is 4.47. The fourth-order valence-corrected chi connectivity index (χ4v) is 3.58. The van der Waals surface area contributed by atoms with Gasteiger partial charge >= 0.3 is 0 Å². The van der Waals surface area contributed by atoms with Gasteiger partial charge in [0.15, 0.2) is 0 Å². The van der Waals surface area contributed by atoms with Crippen LogP contribution in [0.25, 0.3) is 0 Å². The molecule has 1 fully saturated rings. The normalized spacial score (nSPS) is 18.8. The average Bonchev–Trinajstić information content (AvgIpc) is 2.70. The molecule has 0 radical (unpaired) electrons. The van der Waals surface area contributed by atoms with Crippen LogP contribution in [-0.2, 0) is 0 Å². The van der Waals surface area contributed by atoms with E-state index in [1.807, 2.05) is 26.0 Å². The third-order valence-electron chi connectivity index (χ3n) is 4.61. The Kier molecular flexibility index (Phi) is 5.59. The maximum Gasteiger partial charge on any atom is 0.129 e. The highest BCUT2D eigenvalue weighted by Gasteiger charge is 2.24. The van der Waals surface area contributed by atoms with Gasteiger partial charge in [0.25, 0.3) is 0 Å². The van der Waals surface area contributed by atoms with Crippen LogP contribution in [-0.4, -0.2) is 6.54 Å². The van der Waals surface area contributed by atoms with Gasteiger partial charge in [-0.25, -0.2) is 4.39 Å². The first kappa shape index (κ1) is 15.5. The van der Waals surface area contributed by atoms with Crippen molar-refractivity contribution in [3.63, 3.8) is 0 Å². The largest absolute Gasteiger partial charge is 0.310 e. The highest BCUT2D eigenvalue weighted by atomic mass is 19.1. The minimum Gasteiger partial charge on any atom is -0.310 e. The molecule has 0 saturated heterocycles. The van der Waals surface area contributed by atoms with Crippen molar-refractivity contribution in [2.45, 2.75) is 65.3 Å². The van der Waals surface area contributed by atoms with Crippen LogP contribution in [0, 0.1) is 25.6 Å². The summed E-state index contributed by atoms with van der Waals surface area (Å²) < 4.78 is 13.8. The Balaban J connectivity index is 2.27. The summed E-state index contributed by atoms with van der Waals surface area (Å²) in [5.74, 6) is 0.645. The summed E-state index contributed by atoms with van der Waals surface area (Å²) in [6.07, 6.45) is 8.02. The van der Waals surface area contributed by atoms with Gasteiger partial charge in [-0.15, -0.1) is 0 Å². The predicted molar refractivity (Wildman–Crippen MR) is 83.5 cm³/mol. The van der Waals surface area contributed by atoms with E-state index in [2.05, 4.69) is 12.2 Å². The van der Waals surface area contributed by atoms with Crippen molar-refractivity contribution >= 4 is 0 Å². The van der Waals surface area contributed by atoms with Gasteiger partial charge in [-0.3, -0.25) is 0 Å². The van der Waals surface area contributed by atoms with Crippen LogP contribution in [0.2, 0.25) is 0 Å². The summed E-state index contributed by atoms with van der Waals surface area (Å²) in [4.78, 5) is 0. The van der Waals surface area contributed by atoms with E-state index < -0.39 is 0 Å². The third-order valence-corrected chi connectivity index (χ3v) is 4.61. The van der Waals surface area contributed by atoms with E-state index in [-0.39, 0.29) is 5.82 Å². The molecular weight excluding hydrogens is 249 g/mol. The standard InChI is InChI=1S/C18H28FN/c1-4-20-18(15-9-7-5-6-8-10-15)16-11-13(2)17(19)14(3)12-16/h11-12,15,18,20H,4-10H2,1-3H3. The minimum absolute atomic E-state index is 0.0511. The second-order valence-corrected chi connectivity index (χ2v) is 6.26. The number of nitrogens with one attached hydrogen (secondary N) is 1. The van der Waals surface area contributed by atoms with E-state index in [4.69, 9.17) is 0 Å². The van der Waals surface area contributed by atoms with E-state index in [0.717, 1.165) is 17.7 Å². The fraction of sp³-hybridized carbons (Fsp3) is 0.667. The highest BCUT2D eigenvalue weighted by molar-refractivity contribution is 5.32. The Bertz CT molecular complexity index is 410. The topological polar surface area (TPSA) is 12.0 Å². The van der Waals surface area contributed by atoms with Crippen LogP contribution in [0.4, 0.5) is 4.39 Å². The molecule has 1 atom stereocenters. The van der Waals surface area contributed by atoms with Gasteiger partial charge in [-0.1, -0.05) is 44.7 Å². The quantitative estimate of drug-likeness (QED) is 0.758. The molecule has 0 amide bonds. The molecule has 1 aliphatic rings. The molecule has 0 heterocycles. The molecular formula is C18H28FN. The molecule has 1 N–H and O–H groups in total. The van der Waals surface area contributed by atoms with Crippen molar-refractivity contribution in [3.8, 4) is 0 Å². The lowest BCUT2D eigenvalue weighted by atomic mass is 9.86. The van der Waals surface area contributed by atoms with Crippen molar-refractivity contribution in [1.29, 1.82) is 0 Å². The lowest BCUT2D eigenvalue weighted by Gasteiger charge is -2.28. The molecule has 1 aromatic carbocycles. The molecule has 1 unspecified atom stereocenters. The van der Waals surface area contributed by atoms with E-state index >= 15 is 0 Å². The lowest BCUT2D eigenvalue weighted by molar-refractivity contribution is 0.329. The molecule has 2 rings (SSSR count). The van der Waals surface area contributed by atoms with Crippen molar-refractivity contribution in [2.75, 3.05) is 6.54 Å². The molecule has 0 aliphatic heterocycles. The van der Waals surface area contributed by atoms with Crippen molar-refractivity contribution < 1.29 is 4.39 Å². The SMILES string of the molecule is CCNC(c1cc(C)c(F)c(C)c1)C1CCCCCC1. The highest BCUT2D eigenvalue weighted by Crippen LogP contribution is 2.34. The van der Waals surface area contributed by atoms with Crippen LogP contribution in [0.1, 0.15) is 68.2 Å². The Morgan fingerprint density at radius 3 is 2.15 bits per heavy atom. The zero-order valence-corrected chi connectivity index (χ0v) is 13.1. The molecule has 0 bridgehead atoms. The number of hydrogen-bond donors (Lipinski definition) is 1. The smallest absolute Gasteiger partial charge is 0.129 e. The Morgan fingerprint density at radius 2 is 1.65 bits per heavy atom. The van der Waals surface area contributed by atoms with Crippen LogP contribution in [0.3, 0.4) is 0 Å². The first-order chi connectivity index (χ1) is 9.63. The average molecular weight is 277 g/mol. The molecule has 112 valence electrons. The number of rotatable bonds is 4. The lowest BCUT2D eigenvalue weighted by Crippen LogP contribution is -2.28. The molecule has 20 heavy (non-hydrogen) atoms. The van der Waals surface area contributed by atoms with E-state index in [1.54, 1.807) is 0 Å². The molecule has 0 aromatic heterocycles. The molecule has 1 saturated carbocycles. The summed E-state index contributed by atoms with van der Waals surface area (Å²) in [5.41, 5.74) is 2.82. The van der Waals surface area contributed by atoms with Crippen molar-refractivity contribution in [2.24, 2.45) is 5.92 Å². The Morgan fingerprint density at radius 1 is 1.10 bits per heavy atom. The van der Waals surface area contributed by atoms with Gasteiger partial charge in [0.2, 0.25) is 0 Å². The van der Waals surface area contributed by atoms with Gasteiger partial charge < -0.3 is 5.32 Å². The first-order valence-electron chi connectivity index (χ1n) is 8.13. The Labute approximate surface area is 123 Å². The Hall–Kier alpha value is -0.890. The molecule has 1 aromatic rings. The molecule has 0 spiro atoms. The van der Waals surface area contributed by atoms with E-state index in [9.17, 15) is 4.39 Å². The fourth-order valence-electron chi connectivity index (χ4n) is 3.58. The van der Waals surface area contributed by atoms with Gasteiger partial charge in [-0.2, -0.15) is 0 Å². The van der Waals surface area contributed by atoms with E-state index in [0.29, 0.717) is 12.0 Å². The van der Waals surface area contributed by atoms with Gasteiger partial charge in [-0.05, 0) is 55.8 Å². The van der Waals surface area contributed by atoms with Crippen LogP contribution < -0.4 is 5.32 Å². The van der Waals surface area contributed by atoms with Crippen LogP contribution in [0.5, 0.6) is 0 Å².